The zero-order chi connectivity index (χ0) is 28.1. The molecule has 15 heteroatoms. The summed E-state index contributed by atoms with van der Waals surface area (Å²) in [5.41, 5.74) is 6.16. The minimum Gasteiger partial charge on any atom is -0.391 e. The predicted octanol–water partition coefficient (Wildman–Crippen LogP) is 0.890. The molecule has 0 spiro atoms. The first-order chi connectivity index (χ1) is 18.7. The third kappa shape index (κ3) is 6.82. The Balaban J connectivity index is 1.43. The van der Waals surface area contributed by atoms with Crippen molar-refractivity contribution in [2.24, 2.45) is 5.73 Å². The van der Waals surface area contributed by atoms with Crippen LogP contribution in [0.3, 0.4) is 0 Å². The Bertz CT molecular complexity index is 1380. The van der Waals surface area contributed by atoms with E-state index in [9.17, 15) is 19.5 Å². The highest BCUT2D eigenvalue weighted by molar-refractivity contribution is 7.09. The van der Waals surface area contributed by atoms with E-state index in [0.29, 0.717) is 41.5 Å². The van der Waals surface area contributed by atoms with Gasteiger partial charge in [0.05, 0.1) is 17.2 Å². The van der Waals surface area contributed by atoms with Gasteiger partial charge in [-0.05, 0) is 31.4 Å². The van der Waals surface area contributed by atoms with E-state index in [1.54, 1.807) is 34.3 Å². The summed E-state index contributed by atoms with van der Waals surface area (Å²) in [7, 11) is 1.49. The van der Waals surface area contributed by atoms with Crippen LogP contribution in [0.1, 0.15) is 57.7 Å². The number of guanidine groups is 1. The number of hydrogen-bond donors (Lipinski definition) is 6. The maximum absolute atomic E-state index is 13.3. The number of hydrogen-bond acceptors (Lipinski definition) is 8. The van der Waals surface area contributed by atoms with Gasteiger partial charge in [0.25, 0.3) is 11.8 Å². The molecule has 1 saturated heterocycles. The number of aliphatic hydroxyl groups is 1. The van der Waals surface area contributed by atoms with E-state index >= 15 is 0 Å². The number of imidazole rings is 1. The molecule has 1 fully saturated rings. The van der Waals surface area contributed by atoms with E-state index in [4.69, 9.17) is 22.7 Å². The summed E-state index contributed by atoms with van der Waals surface area (Å²) < 4.78 is 1.66. The highest BCUT2D eigenvalue weighted by Gasteiger charge is 2.38. The summed E-state index contributed by atoms with van der Waals surface area (Å²) in [6, 6.07) is 2.09. The van der Waals surface area contributed by atoms with Crippen LogP contribution in [-0.2, 0) is 4.79 Å². The molecule has 0 aliphatic carbocycles. The Morgan fingerprint density at radius 1 is 1.26 bits per heavy atom. The second-order valence-corrected chi connectivity index (χ2v) is 10.5. The molecule has 3 aromatic heterocycles. The number of nitrogens with two attached hydrogens (primary N) is 1. The molecule has 0 saturated carbocycles. The molecule has 0 unspecified atom stereocenters. The third-order valence-electron chi connectivity index (χ3n) is 6.32. The van der Waals surface area contributed by atoms with Crippen LogP contribution < -0.4 is 21.7 Å². The first kappa shape index (κ1) is 28.3. The van der Waals surface area contributed by atoms with Crippen molar-refractivity contribution in [2.45, 2.75) is 43.9 Å². The molecule has 13 nitrogen and oxygen atoms in total. The number of aromatic nitrogens is 3. The molecule has 0 bridgehead atoms. The summed E-state index contributed by atoms with van der Waals surface area (Å²) in [5.74, 6) is -1.33. The lowest BCUT2D eigenvalue weighted by Gasteiger charge is -2.21. The summed E-state index contributed by atoms with van der Waals surface area (Å²) in [6.07, 6.45) is 4.43. The fraction of sp³-hybridized carbons (Fsp3) is 0.417. The van der Waals surface area contributed by atoms with Crippen molar-refractivity contribution in [3.63, 3.8) is 0 Å². The second-order valence-electron chi connectivity index (χ2n) is 9.15. The normalized spacial score (nSPS) is 17.7. The summed E-state index contributed by atoms with van der Waals surface area (Å²) in [5, 5.41) is 28.1. The molecule has 1 aliphatic heterocycles. The fourth-order valence-corrected chi connectivity index (χ4v) is 5.50. The molecule has 208 valence electrons. The van der Waals surface area contributed by atoms with E-state index in [-0.39, 0.29) is 42.1 Å². The van der Waals surface area contributed by atoms with Crippen LogP contribution in [0.15, 0.2) is 29.9 Å². The number of nitrogens with one attached hydrogen (secondary N) is 4. The van der Waals surface area contributed by atoms with Gasteiger partial charge in [-0.25, -0.2) is 9.97 Å². The molecule has 0 aromatic carbocycles. The molecule has 1 aliphatic rings. The van der Waals surface area contributed by atoms with E-state index in [1.165, 1.54) is 23.3 Å². The number of carbonyl (C=O) groups excluding carboxylic acids is 3. The quantitative estimate of drug-likeness (QED) is 0.117. The van der Waals surface area contributed by atoms with Crippen molar-refractivity contribution in [1.82, 2.24) is 35.2 Å². The minimum atomic E-state index is -0.764. The Labute approximate surface area is 233 Å². The third-order valence-corrected chi connectivity index (χ3v) is 7.49. The molecule has 3 aromatic rings. The van der Waals surface area contributed by atoms with E-state index < -0.39 is 24.1 Å². The van der Waals surface area contributed by atoms with Crippen LogP contribution >= 0.6 is 22.9 Å². The van der Waals surface area contributed by atoms with Gasteiger partial charge in [-0.3, -0.25) is 19.8 Å². The number of unbranched alkanes of at least 4 members (excludes halogenated alkanes) is 1. The first-order valence-electron chi connectivity index (χ1n) is 12.3. The number of likely N-dealkylation sites (N-methyl/N-ethyl adjacent to an activating group) is 1. The number of thiazole rings is 1. The molecule has 4 heterocycles. The molecular weight excluding hydrogens is 546 g/mol. The lowest BCUT2D eigenvalue weighted by molar-refractivity contribution is -0.122. The van der Waals surface area contributed by atoms with Gasteiger partial charge in [-0.1, -0.05) is 11.6 Å². The number of halogens is 1. The number of aliphatic hydroxyl groups excluding tert-OH is 1. The fourth-order valence-electron chi connectivity index (χ4n) is 4.40. The average molecular weight is 576 g/mol. The van der Waals surface area contributed by atoms with Crippen LogP contribution in [-0.4, -0.2) is 80.3 Å². The van der Waals surface area contributed by atoms with Crippen LogP contribution in [0.4, 0.5) is 0 Å². The van der Waals surface area contributed by atoms with Crippen LogP contribution in [0, 0.1) is 5.41 Å². The van der Waals surface area contributed by atoms with Gasteiger partial charge in [0.1, 0.15) is 28.1 Å². The molecular formula is C24H30ClN9O4S. The van der Waals surface area contributed by atoms with Crippen molar-refractivity contribution >= 4 is 52.3 Å². The van der Waals surface area contributed by atoms with Crippen molar-refractivity contribution in [3.05, 3.63) is 51.3 Å². The van der Waals surface area contributed by atoms with E-state index in [0.717, 1.165) is 0 Å². The van der Waals surface area contributed by atoms with Gasteiger partial charge in [0, 0.05) is 44.3 Å². The van der Waals surface area contributed by atoms with Crippen molar-refractivity contribution in [2.75, 3.05) is 20.1 Å². The molecule has 0 radical (unpaired) electrons. The van der Waals surface area contributed by atoms with Gasteiger partial charge in [-0.2, -0.15) is 0 Å². The van der Waals surface area contributed by atoms with Gasteiger partial charge < -0.3 is 36.1 Å². The number of carbonyl (C=O) groups is 3. The SMILES string of the molecule is CNC(=O)[C@H](CCCCNC(=N)N)NC(=O)c1csc([C@H]2C[C@H](O)CN2C(=O)c2cn3cc(Cl)ccc3n2)n1. The first-order valence-corrected chi connectivity index (χ1v) is 13.6. The monoisotopic (exact) mass is 575 g/mol. The zero-order valence-electron chi connectivity index (χ0n) is 21.2. The molecule has 39 heavy (non-hydrogen) atoms. The van der Waals surface area contributed by atoms with Crippen LogP contribution in [0.2, 0.25) is 5.02 Å². The van der Waals surface area contributed by atoms with E-state index in [1.807, 2.05) is 0 Å². The Kier molecular flexibility index (Phi) is 8.99. The van der Waals surface area contributed by atoms with Crippen molar-refractivity contribution in [3.8, 4) is 0 Å². The number of likely N-dealkylation sites (tertiary alicyclic amines) is 1. The highest BCUT2D eigenvalue weighted by Crippen LogP contribution is 2.35. The lowest BCUT2D eigenvalue weighted by atomic mass is 10.1. The smallest absolute Gasteiger partial charge is 0.274 e. The minimum absolute atomic E-state index is 0.108. The molecule has 4 rings (SSSR count). The van der Waals surface area contributed by atoms with Gasteiger partial charge >= 0.3 is 0 Å². The molecule has 3 amide bonds. The van der Waals surface area contributed by atoms with Crippen LogP contribution in [0.25, 0.3) is 5.65 Å². The van der Waals surface area contributed by atoms with Gasteiger partial charge in [0.15, 0.2) is 5.96 Å². The second kappa shape index (κ2) is 12.4. The summed E-state index contributed by atoms with van der Waals surface area (Å²) in [6.45, 7) is 0.598. The number of fused-ring (bicyclic) bond motifs is 1. The van der Waals surface area contributed by atoms with Gasteiger partial charge in [0.2, 0.25) is 5.91 Å². The molecule has 3 atom stereocenters. The van der Waals surface area contributed by atoms with E-state index in [2.05, 4.69) is 25.9 Å². The Hall–Kier alpha value is -3.75. The summed E-state index contributed by atoms with van der Waals surface area (Å²) in [4.78, 5) is 49.0. The van der Waals surface area contributed by atoms with Gasteiger partial charge in [-0.15, -0.1) is 11.3 Å². The summed E-state index contributed by atoms with van der Waals surface area (Å²) >= 11 is 7.25. The lowest BCUT2D eigenvalue weighted by Crippen LogP contribution is -2.45. The van der Waals surface area contributed by atoms with Crippen molar-refractivity contribution in [1.29, 1.82) is 5.41 Å². The average Bonchev–Trinajstić information content (AvgIpc) is 3.64. The Morgan fingerprint density at radius 2 is 2.05 bits per heavy atom. The number of β-amino-alcohol motifs (C(OH)–C–C–N with tert-alkyl or cyclic N) is 1. The standard InChI is InChI=1S/C24H30ClN9O4S/c1-28-20(36)15(4-2-3-7-29-24(26)27)31-21(37)17-12-39-22(32-17)18-8-14(35)10-34(18)23(38)16-11-33-9-13(25)5-6-19(33)30-16/h5-6,9,11-12,14-15,18,35H,2-4,7-8,10H2,1H3,(H,28,36)(H,31,37)(H4,26,27,29)/t14-,15-,18+/m0/s1. The van der Waals surface area contributed by atoms with Crippen LogP contribution in [0.5, 0.6) is 0 Å². The molecule has 7 N–H and O–H groups in total. The number of pyridine rings is 1. The number of nitrogens with zero attached hydrogens (tertiary/aromatic N) is 4. The topological polar surface area (TPSA) is 191 Å². The predicted molar refractivity (Wildman–Crippen MR) is 146 cm³/mol. The maximum Gasteiger partial charge on any atom is 0.274 e. The number of amides is 3. The largest absolute Gasteiger partial charge is 0.391 e. The zero-order valence-corrected chi connectivity index (χ0v) is 22.8. The maximum atomic E-state index is 13.3. The Morgan fingerprint density at radius 3 is 2.79 bits per heavy atom. The van der Waals surface area contributed by atoms with Crippen molar-refractivity contribution < 1.29 is 19.5 Å². The highest BCUT2D eigenvalue weighted by atomic mass is 35.5. The number of rotatable bonds is 10.